The first-order valence-electron chi connectivity index (χ1n) is 12.5. The van der Waals surface area contributed by atoms with E-state index in [1.54, 1.807) is 48.5 Å². The fourth-order valence-electron chi connectivity index (χ4n) is 4.65. The van der Waals surface area contributed by atoms with Gasteiger partial charge in [-0.3, -0.25) is 0 Å². The zero-order valence-electron chi connectivity index (χ0n) is 22.6. The third-order valence-electron chi connectivity index (χ3n) is 6.79. The van der Waals surface area contributed by atoms with E-state index in [2.05, 4.69) is 6.58 Å². The Labute approximate surface area is 232 Å². The van der Waals surface area contributed by atoms with Crippen molar-refractivity contribution in [1.29, 1.82) is 0 Å². The molecule has 0 radical (unpaired) electrons. The smallest absolute Gasteiger partial charge is 0.416 e. The van der Waals surface area contributed by atoms with E-state index in [4.69, 9.17) is 4.74 Å². The number of aromatic nitrogens is 1. The number of ether oxygens (including phenoxy) is 1. The lowest BCUT2D eigenvalue weighted by Gasteiger charge is -2.23. The van der Waals surface area contributed by atoms with Crippen LogP contribution in [0, 0.1) is 0 Å². The van der Waals surface area contributed by atoms with Crippen molar-refractivity contribution < 1.29 is 31.1 Å². The molecule has 0 aliphatic carbocycles. The van der Waals surface area contributed by atoms with E-state index in [0.717, 1.165) is 21.7 Å². The lowest BCUT2D eigenvalue weighted by molar-refractivity contribution is -0.137. The van der Waals surface area contributed by atoms with Gasteiger partial charge < -0.3 is 4.74 Å². The molecule has 3 aromatic carbocycles. The van der Waals surface area contributed by atoms with E-state index < -0.39 is 33.0 Å². The van der Waals surface area contributed by atoms with Gasteiger partial charge in [0.2, 0.25) is 10.0 Å². The summed E-state index contributed by atoms with van der Waals surface area (Å²) in [4.78, 5) is 11.8. The highest BCUT2D eigenvalue weighted by Crippen LogP contribution is 2.37. The van der Waals surface area contributed by atoms with E-state index in [0.29, 0.717) is 22.1 Å². The number of alkyl halides is 3. The lowest BCUT2D eigenvalue weighted by atomic mass is 9.86. The number of esters is 1. The van der Waals surface area contributed by atoms with Gasteiger partial charge in [-0.1, -0.05) is 69.3 Å². The van der Waals surface area contributed by atoms with Gasteiger partial charge in [0.1, 0.15) is 5.25 Å². The summed E-state index contributed by atoms with van der Waals surface area (Å²) in [5, 5.41) is -0.871. The summed E-state index contributed by atoms with van der Waals surface area (Å²) in [5.74, 6) is -0.519. The van der Waals surface area contributed by atoms with Crippen molar-refractivity contribution in [2.75, 3.05) is 7.11 Å². The average molecular weight is 570 g/mol. The van der Waals surface area contributed by atoms with Crippen LogP contribution in [-0.2, 0) is 32.8 Å². The molecule has 9 heteroatoms. The molecule has 0 N–H and O–H groups in total. The molecule has 1 heterocycles. The molecule has 1 unspecified atom stereocenters. The number of carbonyl (C=O) groups is 1. The Morgan fingerprint density at radius 2 is 1.65 bits per heavy atom. The van der Waals surface area contributed by atoms with E-state index in [-0.39, 0.29) is 23.0 Å². The number of rotatable bonds is 7. The molecule has 1 aromatic heterocycles. The summed E-state index contributed by atoms with van der Waals surface area (Å²) in [6.45, 7) is 9.79. The molecular weight excluding hydrogens is 539 g/mol. The molecule has 0 amide bonds. The molecule has 0 spiro atoms. The molecule has 0 saturated heterocycles. The van der Waals surface area contributed by atoms with Gasteiger partial charge in [-0.05, 0) is 52.4 Å². The van der Waals surface area contributed by atoms with E-state index in [1.165, 1.54) is 19.3 Å². The molecule has 0 fully saturated rings. The van der Waals surface area contributed by atoms with E-state index >= 15 is 0 Å². The van der Waals surface area contributed by atoms with Crippen LogP contribution in [0.1, 0.15) is 64.3 Å². The predicted molar refractivity (Wildman–Crippen MR) is 150 cm³/mol. The minimum absolute atomic E-state index is 0.0742. The Balaban J connectivity index is 1.91. The fourth-order valence-corrected chi connectivity index (χ4v) is 6.48. The van der Waals surface area contributed by atoms with E-state index in [9.17, 15) is 26.4 Å². The number of halogens is 3. The van der Waals surface area contributed by atoms with Crippen molar-refractivity contribution in [2.45, 2.75) is 44.0 Å². The maximum Gasteiger partial charge on any atom is 0.416 e. The Bertz CT molecular complexity index is 1680. The number of nitrogens with zero attached hydrogens (tertiary/aromatic N) is 1. The molecule has 0 saturated carbocycles. The summed E-state index contributed by atoms with van der Waals surface area (Å²) >= 11 is 0. The maximum absolute atomic E-state index is 14.3. The number of hydrogen-bond acceptors (Lipinski definition) is 4. The van der Waals surface area contributed by atoms with Crippen LogP contribution in [0.4, 0.5) is 13.2 Å². The average Bonchev–Trinajstić information content (AvgIpc) is 3.26. The van der Waals surface area contributed by atoms with Crippen LogP contribution in [0.2, 0.25) is 0 Å². The van der Waals surface area contributed by atoms with Crippen molar-refractivity contribution >= 4 is 26.9 Å². The number of fused-ring (bicyclic) bond motifs is 1. The standard InChI is InChI=1S/C31H30F3NO4S/c1-6-28(23-8-7-9-24(17-23)30(2,3)4)40(37,38)35-26(16-20-10-12-21(13-11-20)29(36)39-5)18-22-14-15-25(19-27(22)35)31(32,33)34/h6-15,17-19,28H,1,16H2,2-5H3. The Hall–Kier alpha value is -3.85. The van der Waals surface area contributed by atoms with Gasteiger partial charge in [-0.15, -0.1) is 6.58 Å². The Kier molecular flexibility index (Phi) is 7.73. The van der Waals surface area contributed by atoms with Gasteiger partial charge in [-0.2, -0.15) is 13.2 Å². The second-order valence-electron chi connectivity index (χ2n) is 10.6. The lowest BCUT2D eigenvalue weighted by Crippen LogP contribution is -2.22. The maximum atomic E-state index is 14.3. The topological polar surface area (TPSA) is 65.4 Å². The molecular formula is C31H30F3NO4S. The first-order valence-corrected chi connectivity index (χ1v) is 14.0. The quantitative estimate of drug-likeness (QED) is 0.171. The van der Waals surface area contributed by atoms with Crippen LogP contribution in [0.15, 0.2) is 85.5 Å². The summed E-state index contributed by atoms with van der Waals surface area (Å²) in [6.07, 6.45) is -3.27. The van der Waals surface area contributed by atoms with Crippen LogP contribution in [0.5, 0.6) is 0 Å². The molecule has 0 aliphatic heterocycles. The van der Waals surface area contributed by atoms with Crippen molar-refractivity contribution in [2.24, 2.45) is 0 Å². The Morgan fingerprint density at radius 1 is 0.975 bits per heavy atom. The van der Waals surface area contributed by atoms with Crippen molar-refractivity contribution in [3.8, 4) is 0 Å². The highest BCUT2D eigenvalue weighted by atomic mass is 32.2. The number of carbonyl (C=O) groups excluding carboxylic acids is 1. The van der Waals surface area contributed by atoms with Crippen molar-refractivity contribution in [3.63, 3.8) is 0 Å². The summed E-state index contributed by atoms with van der Waals surface area (Å²) in [5.41, 5.74) is 1.35. The summed E-state index contributed by atoms with van der Waals surface area (Å²) < 4.78 is 75.3. The van der Waals surface area contributed by atoms with Gasteiger partial charge in [0.05, 0.1) is 23.8 Å². The van der Waals surface area contributed by atoms with Crippen LogP contribution < -0.4 is 0 Å². The van der Waals surface area contributed by atoms with E-state index in [1.807, 2.05) is 26.8 Å². The molecule has 40 heavy (non-hydrogen) atoms. The van der Waals surface area contributed by atoms with Gasteiger partial charge in [0.15, 0.2) is 0 Å². The van der Waals surface area contributed by atoms with Gasteiger partial charge in [-0.25, -0.2) is 17.2 Å². The minimum atomic E-state index is -4.66. The van der Waals surface area contributed by atoms with Gasteiger partial charge in [0, 0.05) is 17.5 Å². The zero-order chi connectivity index (χ0) is 29.5. The molecule has 5 nitrogen and oxygen atoms in total. The first-order chi connectivity index (χ1) is 18.7. The van der Waals surface area contributed by atoms with Crippen LogP contribution in [0.25, 0.3) is 10.9 Å². The Morgan fingerprint density at radius 3 is 2.23 bits per heavy atom. The monoisotopic (exact) mass is 569 g/mol. The molecule has 4 aromatic rings. The molecule has 210 valence electrons. The SMILES string of the molecule is C=CC(c1cccc(C(C)(C)C)c1)S(=O)(=O)n1c(Cc2ccc(C(=O)OC)cc2)cc2ccc(C(F)(F)F)cc21. The summed E-state index contributed by atoms with van der Waals surface area (Å²) in [6, 6.07) is 18.2. The number of benzene rings is 3. The first kappa shape index (κ1) is 29.1. The van der Waals surface area contributed by atoms with Crippen molar-refractivity contribution in [3.05, 3.63) is 119 Å². The number of methoxy groups -OCH3 is 1. The third-order valence-corrected chi connectivity index (χ3v) is 8.84. The van der Waals surface area contributed by atoms with Gasteiger partial charge >= 0.3 is 12.1 Å². The molecule has 0 bridgehead atoms. The molecule has 0 aliphatic rings. The molecule has 4 rings (SSSR count). The normalized spacial score (nSPS) is 13.3. The zero-order valence-corrected chi connectivity index (χ0v) is 23.4. The van der Waals surface area contributed by atoms with Gasteiger partial charge in [0.25, 0.3) is 0 Å². The van der Waals surface area contributed by atoms with Crippen molar-refractivity contribution in [1.82, 2.24) is 3.97 Å². The van der Waals surface area contributed by atoms with Crippen LogP contribution in [0.3, 0.4) is 0 Å². The highest BCUT2D eigenvalue weighted by molar-refractivity contribution is 7.90. The second-order valence-corrected chi connectivity index (χ2v) is 12.5. The van der Waals surface area contributed by atoms with Crippen LogP contribution in [-0.4, -0.2) is 25.5 Å². The second kappa shape index (κ2) is 10.6. The fraction of sp³-hybridized carbons (Fsp3) is 0.258. The third kappa shape index (κ3) is 5.70. The number of hydrogen-bond donors (Lipinski definition) is 0. The highest BCUT2D eigenvalue weighted by Gasteiger charge is 2.34. The molecule has 1 atom stereocenters. The minimum Gasteiger partial charge on any atom is -0.465 e. The largest absolute Gasteiger partial charge is 0.465 e. The summed E-state index contributed by atoms with van der Waals surface area (Å²) in [7, 11) is -3.07. The predicted octanol–water partition coefficient (Wildman–Crippen LogP) is 7.44. The van der Waals surface area contributed by atoms with Crippen LogP contribution >= 0.6 is 0 Å².